The van der Waals surface area contributed by atoms with Gasteiger partial charge in [-0.2, -0.15) is 0 Å². The van der Waals surface area contributed by atoms with Crippen molar-refractivity contribution < 1.29 is 14.3 Å². The molecule has 6 rings (SSSR count). The lowest BCUT2D eigenvalue weighted by Gasteiger charge is -2.54. The van der Waals surface area contributed by atoms with E-state index in [0.29, 0.717) is 24.2 Å². The Labute approximate surface area is 190 Å². The topological polar surface area (TPSA) is 43.4 Å². The summed E-state index contributed by atoms with van der Waals surface area (Å²) in [6.07, 6.45) is 13.6. The number of hydrogen-bond donors (Lipinski definition) is 0. The second-order valence-corrected chi connectivity index (χ2v) is 10.8. The van der Waals surface area contributed by atoms with E-state index in [1.54, 1.807) is 12.5 Å². The molecule has 3 heteroatoms. The van der Waals surface area contributed by atoms with Crippen molar-refractivity contribution in [3.8, 4) is 0 Å². The Morgan fingerprint density at radius 2 is 1.91 bits per heavy atom. The van der Waals surface area contributed by atoms with Crippen molar-refractivity contribution in [2.75, 3.05) is 6.61 Å². The van der Waals surface area contributed by atoms with E-state index >= 15 is 0 Å². The zero-order valence-corrected chi connectivity index (χ0v) is 19.2. The first kappa shape index (κ1) is 20.4. The number of carbonyl (C=O) groups excluding carboxylic acids is 2. The van der Waals surface area contributed by atoms with Gasteiger partial charge in [0.05, 0.1) is 12.2 Å². The maximum Gasteiger partial charge on any atom is 0.159 e. The Morgan fingerprint density at radius 1 is 1.09 bits per heavy atom. The summed E-state index contributed by atoms with van der Waals surface area (Å²) in [5.74, 6) is 1.90. The second-order valence-electron chi connectivity index (χ2n) is 10.8. The van der Waals surface area contributed by atoms with E-state index < -0.39 is 0 Å². The minimum atomic E-state index is -0.135. The van der Waals surface area contributed by atoms with E-state index in [9.17, 15) is 9.59 Å². The summed E-state index contributed by atoms with van der Waals surface area (Å²) in [4.78, 5) is 24.1. The molecule has 0 bridgehead atoms. The summed E-state index contributed by atoms with van der Waals surface area (Å²) in [5.41, 5.74) is 6.43. The highest BCUT2D eigenvalue weighted by Crippen LogP contribution is 2.68. The van der Waals surface area contributed by atoms with E-state index in [1.807, 2.05) is 18.2 Å². The standard InChI is InChI=1S/C29H32O3/c1-18(30)19-4-6-20(7-5-19)25-17-28(2)26(12-14-29(28)13-3-15-32-29)24-10-8-21-16-22(31)9-11-23(21)27(24)25/h3-7,13,16,24-26H,8-12,14-15,17H2,1-2H3/t24-,25+,26-,28-,29-/m0/s1. The number of ketones is 2. The van der Waals surface area contributed by atoms with Crippen LogP contribution >= 0.6 is 0 Å². The van der Waals surface area contributed by atoms with E-state index in [4.69, 9.17) is 4.74 Å². The number of fused-ring (bicyclic) bond motifs is 5. The summed E-state index contributed by atoms with van der Waals surface area (Å²) in [5, 5.41) is 0. The van der Waals surface area contributed by atoms with Gasteiger partial charge in [0.2, 0.25) is 0 Å². The fraction of sp³-hybridized carbons (Fsp3) is 0.517. The second kappa shape index (κ2) is 7.12. The minimum absolute atomic E-state index is 0.102. The Morgan fingerprint density at radius 3 is 2.62 bits per heavy atom. The molecule has 5 atom stereocenters. The van der Waals surface area contributed by atoms with Gasteiger partial charge in [-0.1, -0.05) is 48.9 Å². The van der Waals surface area contributed by atoms with Gasteiger partial charge in [0, 0.05) is 23.3 Å². The lowest BCUT2D eigenvalue weighted by molar-refractivity contribution is -0.114. The molecule has 1 aliphatic heterocycles. The summed E-state index contributed by atoms with van der Waals surface area (Å²) >= 11 is 0. The van der Waals surface area contributed by atoms with Crippen molar-refractivity contribution in [2.24, 2.45) is 17.3 Å². The number of Topliss-reactive ketones (excluding diaryl/α,β-unsaturated/α-hetero) is 1. The highest BCUT2D eigenvalue weighted by molar-refractivity contribution is 5.94. The third-order valence-electron chi connectivity index (χ3n) is 9.46. The van der Waals surface area contributed by atoms with Crippen LogP contribution in [0.3, 0.4) is 0 Å². The van der Waals surface area contributed by atoms with Crippen molar-refractivity contribution in [1.82, 2.24) is 0 Å². The number of benzene rings is 1. The van der Waals surface area contributed by atoms with Gasteiger partial charge in [0.15, 0.2) is 11.6 Å². The monoisotopic (exact) mass is 428 g/mol. The molecule has 1 spiro atoms. The smallest absolute Gasteiger partial charge is 0.159 e. The van der Waals surface area contributed by atoms with Crippen LogP contribution < -0.4 is 0 Å². The molecule has 0 unspecified atom stereocenters. The predicted molar refractivity (Wildman–Crippen MR) is 125 cm³/mol. The zero-order chi connectivity index (χ0) is 22.1. The molecule has 0 radical (unpaired) electrons. The molecule has 0 saturated heterocycles. The van der Waals surface area contributed by atoms with Gasteiger partial charge in [0.25, 0.3) is 0 Å². The van der Waals surface area contributed by atoms with Crippen molar-refractivity contribution in [1.29, 1.82) is 0 Å². The molecule has 2 saturated carbocycles. The number of ether oxygens (including phenoxy) is 1. The Hall–Kier alpha value is -2.26. The van der Waals surface area contributed by atoms with Crippen LogP contribution in [0, 0.1) is 17.3 Å². The number of carbonyl (C=O) groups is 2. The van der Waals surface area contributed by atoms with Crippen LogP contribution in [0.1, 0.15) is 80.6 Å². The quantitative estimate of drug-likeness (QED) is 0.421. The third-order valence-corrected chi connectivity index (χ3v) is 9.46. The van der Waals surface area contributed by atoms with Crippen LogP contribution in [-0.2, 0) is 9.53 Å². The van der Waals surface area contributed by atoms with Crippen LogP contribution in [0.25, 0.3) is 0 Å². The maximum absolute atomic E-state index is 12.2. The van der Waals surface area contributed by atoms with Gasteiger partial charge in [-0.05, 0) is 80.1 Å². The zero-order valence-electron chi connectivity index (χ0n) is 19.2. The molecular weight excluding hydrogens is 396 g/mol. The SMILES string of the molecule is CC(=O)c1ccc([C@H]2C[C@@]3(C)[C@@H](CC[C@@]34C=CCO4)[C@@H]3CCC4=CC(=O)CCC4=C32)cc1. The molecule has 5 aliphatic rings. The molecule has 4 aliphatic carbocycles. The molecule has 32 heavy (non-hydrogen) atoms. The van der Waals surface area contributed by atoms with Crippen molar-refractivity contribution >= 4 is 11.6 Å². The number of rotatable bonds is 2. The van der Waals surface area contributed by atoms with Crippen molar-refractivity contribution in [3.63, 3.8) is 0 Å². The average Bonchev–Trinajstić information content (AvgIpc) is 3.39. The highest BCUT2D eigenvalue weighted by atomic mass is 16.5. The van der Waals surface area contributed by atoms with Crippen molar-refractivity contribution in [3.05, 3.63) is 70.3 Å². The van der Waals surface area contributed by atoms with Gasteiger partial charge in [-0.3, -0.25) is 9.59 Å². The number of hydrogen-bond acceptors (Lipinski definition) is 3. The van der Waals surface area contributed by atoms with Crippen LogP contribution in [-0.4, -0.2) is 23.8 Å². The predicted octanol–water partition coefficient (Wildman–Crippen LogP) is 6.11. The van der Waals surface area contributed by atoms with Gasteiger partial charge in [-0.25, -0.2) is 0 Å². The molecule has 1 aromatic rings. The summed E-state index contributed by atoms with van der Waals surface area (Å²) in [6.45, 7) is 4.84. The lowest BCUT2D eigenvalue weighted by atomic mass is 9.51. The molecule has 3 nitrogen and oxygen atoms in total. The maximum atomic E-state index is 12.2. The molecule has 0 amide bonds. The normalized spacial score (nSPS) is 37.9. The van der Waals surface area contributed by atoms with E-state index in [1.165, 1.54) is 23.1 Å². The largest absolute Gasteiger partial charge is 0.366 e. The molecule has 0 N–H and O–H groups in total. The van der Waals surface area contributed by atoms with Crippen LogP contribution in [0.15, 0.2) is 59.2 Å². The van der Waals surface area contributed by atoms with Crippen molar-refractivity contribution in [2.45, 2.75) is 70.3 Å². The fourth-order valence-electron chi connectivity index (χ4n) is 7.93. The molecule has 0 aromatic heterocycles. The van der Waals surface area contributed by atoms with Gasteiger partial charge in [0.1, 0.15) is 0 Å². The Kier molecular flexibility index (Phi) is 4.53. The summed E-state index contributed by atoms with van der Waals surface area (Å²) in [7, 11) is 0. The van der Waals surface area contributed by atoms with Crippen LogP contribution in [0.2, 0.25) is 0 Å². The van der Waals surface area contributed by atoms with Crippen LogP contribution in [0.4, 0.5) is 0 Å². The van der Waals surface area contributed by atoms with Gasteiger partial charge >= 0.3 is 0 Å². The fourth-order valence-corrected chi connectivity index (χ4v) is 7.93. The molecule has 2 fully saturated rings. The number of allylic oxidation sites excluding steroid dienone is 4. The third kappa shape index (κ3) is 2.76. The van der Waals surface area contributed by atoms with Gasteiger partial charge in [-0.15, -0.1) is 0 Å². The van der Waals surface area contributed by atoms with Crippen LogP contribution in [0.5, 0.6) is 0 Å². The molecular formula is C29H32O3. The molecule has 166 valence electrons. The summed E-state index contributed by atoms with van der Waals surface area (Å²) in [6, 6.07) is 8.34. The lowest BCUT2D eigenvalue weighted by Crippen LogP contribution is -2.51. The Bertz CT molecular complexity index is 1090. The summed E-state index contributed by atoms with van der Waals surface area (Å²) < 4.78 is 6.48. The average molecular weight is 429 g/mol. The van der Waals surface area contributed by atoms with Gasteiger partial charge < -0.3 is 4.74 Å². The van der Waals surface area contributed by atoms with E-state index in [-0.39, 0.29) is 22.6 Å². The first-order valence-corrected chi connectivity index (χ1v) is 12.3. The highest BCUT2D eigenvalue weighted by Gasteiger charge is 2.63. The first-order valence-electron chi connectivity index (χ1n) is 12.3. The Balaban J connectivity index is 1.51. The molecule has 1 aromatic carbocycles. The molecule has 1 heterocycles. The van der Waals surface area contributed by atoms with E-state index in [2.05, 4.69) is 31.2 Å². The first-order chi connectivity index (χ1) is 15.4. The van der Waals surface area contributed by atoms with E-state index in [0.717, 1.165) is 44.3 Å². The minimum Gasteiger partial charge on any atom is -0.366 e.